The van der Waals surface area contributed by atoms with Crippen LogP contribution in [0.25, 0.3) is 0 Å². The summed E-state index contributed by atoms with van der Waals surface area (Å²) in [6.07, 6.45) is 0.346. The molecule has 88 valence electrons. The topological polar surface area (TPSA) is 61.6 Å². The molecule has 0 amide bonds. The summed E-state index contributed by atoms with van der Waals surface area (Å²) in [7, 11) is 3.11. The van der Waals surface area contributed by atoms with Crippen molar-refractivity contribution in [1.29, 1.82) is 0 Å². The fourth-order valence-corrected chi connectivity index (χ4v) is 1.89. The lowest BCUT2D eigenvalue weighted by atomic mass is 10.1. The van der Waals surface area contributed by atoms with Gasteiger partial charge in [-0.2, -0.15) is 0 Å². The van der Waals surface area contributed by atoms with Crippen LogP contribution in [-0.2, 0) is 0 Å². The maximum atomic E-state index is 11.7. The van der Waals surface area contributed by atoms with Gasteiger partial charge >= 0.3 is 0 Å². The van der Waals surface area contributed by atoms with Crippen molar-refractivity contribution in [2.24, 2.45) is 5.73 Å². The third-order valence-corrected chi connectivity index (χ3v) is 2.65. The molecule has 1 unspecified atom stereocenters. The zero-order chi connectivity index (χ0) is 11.0. The number of fused-ring (bicyclic) bond motifs is 1. The molecule has 1 aliphatic rings. The van der Waals surface area contributed by atoms with E-state index in [0.717, 1.165) is 5.56 Å². The second-order valence-electron chi connectivity index (χ2n) is 3.53. The van der Waals surface area contributed by atoms with Gasteiger partial charge in [-0.05, 0) is 11.6 Å². The molecule has 0 bridgehead atoms. The van der Waals surface area contributed by atoms with Crippen LogP contribution in [-0.4, -0.2) is 20.0 Å². The molecule has 0 aliphatic heterocycles. The lowest BCUT2D eigenvalue weighted by Crippen LogP contribution is -2.06. The number of Topliss-reactive ketones (excluding diaryl/α,β-unsaturated/α-hetero) is 1. The Labute approximate surface area is 100 Å². The predicted octanol–water partition coefficient (Wildman–Crippen LogP) is 1.71. The van der Waals surface area contributed by atoms with Crippen LogP contribution in [0.4, 0.5) is 0 Å². The molecule has 1 aliphatic carbocycles. The summed E-state index contributed by atoms with van der Waals surface area (Å²) in [5, 5.41) is 0. The Hall–Kier alpha value is -1.26. The maximum Gasteiger partial charge on any atom is 0.168 e. The fraction of sp³-hybridized carbons (Fsp3) is 0.364. The summed E-state index contributed by atoms with van der Waals surface area (Å²) in [5.74, 6) is 1.25. The molecule has 0 spiro atoms. The molecule has 5 heteroatoms. The van der Waals surface area contributed by atoms with Gasteiger partial charge in [-0.1, -0.05) is 0 Å². The smallest absolute Gasteiger partial charge is 0.168 e. The third-order valence-electron chi connectivity index (χ3n) is 2.65. The van der Waals surface area contributed by atoms with E-state index in [1.165, 1.54) is 7.11 Å². The number of methoxy groups -OCH3 is 2. The van der Waals surface area contributed by atoms with Gasteiger partial charge in [-0.25, -0.2) is 0 Å². The lowest BCUT2D eigenvalue weighted by Gasteiger charge is -2.10. The van der Waals surface area contributed by atoms with E-state index in [9.17, 15) is 4.79 Å². The normalized spacial score (nSPS) is 17.7. The van der Waals surface area contributed by atoms with Gasteiger partial charge in [0.15, 0.2) is 5.78 Å². The first-order valence-corrected chi connectivity index (χ1v) is 4.72. The van der Waals surface area contributed by atoms with Crippen LogP contribution in [0.15, 0.2) is 12.1 Å². The van der Waals surface area contributed by atoms with Crippen LogP contribution in [0.1, 0.15) is 28.4 Å². The molecule has 0 aromatic heterocycles. The van der Waals surface area contributed by atoms with Crippen LogP contribution in [0.5, 0.6) is 11.5 Å². The zero-order valence-corrected chi connectivity index (χ0v) is 9.97. The van der Waals surface area contributed by atoms with E-state index in [4.69, 9.17) is 15.2 Å². The van der Waals surface area contributed by atoms with Crippen LogP contribution in [0, 0.1) is 0 Å². The molecule has 0 heterocycles. The van der Waals surface area contributed by atoms with Crippen LogP contribution < -0.4 is 15.2 Å². The Morgan fingerprint density at radius 3 is 2.56 bits per heavy atom. The van der Waals surface area contributed by atoms with Crippen molar-refractivity contribution in [2.75, 3.05) is 14.2 Å². The van der Waals surface area contributed by atoms with Gasteiger partial charge in [0.25, 0.3) is 0 Å². The number of benzene rings is 1. The number of carbonyl (C=O) groups is 1. The van der Waals surface area contributed by atoms with Gasteiger partial charge in [-0.3, -0.25) is 4.79 Å². The molecule has 16 heavy (non-hydrogen) atoms. The summed E-state index contributed by atoms with van der Waals surface area (Å²) in [6, 6.07) is 3.26. The van der Waals surface area contributed by atoms with Gasteiger partial charge in [0.2, 0.25) is 0 Å². The van der Waals surface area contributed by atoms with E-state index in [1.807, 2.05) is 0 Å². The van der Waals surface area contributed by atoms with E-state index in [1.54, 1.807) is 19.2 Å². The van der Waals surface area contributed by atoms with Gasteiger partial charge in [0.1, 0.15) is 11.5 Å². The largest absolute Gasteiger partial charge is 0.497 e. The molecular weight excluding hydrogens is 230 g/mol. The molecule has 4 nitrogen and oxygen atoms in total. The first kappa shape index (κ1) is 12.8. The maximum absolute atomic E-state index is 11.7. The Morgan fingerprint density at radius 2 is 2.00 bits per heavy atom. The molecule has 2 N–H and O–H groups in total. The highest BCUT2D eigenvalue weighted by Gasteiger charge is 2.30. The molecule has 1 atom stereocenters. The molecule has 2 rings (SSSR count). The minimum absolute atomic E-state index is 0. The standard InChI is InChI=1S/C11H13NO3.ClH/c1-14-6-3-7-8(12)5-9(13)11(7)10(4-6)15-2;/h3-4,8H,5,12H2,1-2H3;1H. The minimum atomic E-state index is -0.239. The molecular formula is C11H14ClNO3. The number of hydrogen-bond donors (Lipinski definition) is 1. The van der Waals surface area contributed by atoms with Crippen molar-refractivity contribution in [3.63, 3.8) is 0 Å². The van der Waals surface area contributed by atoms with Crippen LogP contribution in [0.3, 0.4) is 0 Å². The van der Waals surface area contributed by atoms with Gasteiger partial charge in [0.05, 0.1) is 19.8 Å². The number of ketones is 1. The number of ether oxygens (including phenoxy) is 2. The van der Waals surface area contributed by atoms with Crippen molar-refractivity contribution in [3.8, 4) is 11.5 Å². The van der Waals surface area contributed by atoms with E-state index in [2.05, 4.69) is 0 Å². The van der Waals surface area contributed by atoms with Gasteiger partial charge in [0, 0.05) is 18.5 Å². The Balaban J connectivity index is 0.00000128. The van der Waals surface area contributed by atoms with Crippen LogP contribution >= 0.6 is 12.4 Å². The summed E-state index contributed by atoms with van der Waals surface area (Å²) in [5.41, 5.74) is 7.27. The van der Waals surface area contributed by atoms with E-state index < -0.39 is 0 Å². The SMILES string of the molecule is COc1cc(OC)c2c(c1)C(N)CC2=O.Cl. The van der Waals surface area contributed by atoms with Crippen molar-refractivity contribution < 1.29 is 14.3 Å². The highest BCUT2D eigenvalue weighted by molar-refractivity contribution is 6.03. The van der Waals surface area contributed by atoms with Crippen molar-refractivity contribution in [2.45, 2.75) is 12.5 Å². The number of halogens is 1. The second-order valence-corrected chi connectivity index (χ2v) is 3.53. The number of hydrogen-bond acceptors (Lipinski definition) is 4. The number of carbonyl (C=O) groups excluding carboxylic acids is 1. The summed E-state index contributed by atoms with van der Waals surface area (Å²) >= 11 is 0. The average Bonchev–Trinajstić information content (AvgIpc) is 2.53. The monoisotopic (exact) mass is 243 g/mol. The Kier molecular flexibility index (Phi) is 3.78. The van der Waals surface area contributed by atoms with Crippen molar-refractivity contribution >= 4 is 18.2 Å². The van der Waals surface area contributed by atoms with E-state index in [0.29, 0.717) is 23.5 Å². The molecule has 0 fully saturated rings. The Bertz CT molecular complexity index is 420. The summed E-state index contributed by atoms with van der Waals surface area (Å²) < 4.78 is 10.3. The summed E-state index contributed by atoms with van der Waals surface area (Å²) in [6.45, 7) is 0. The predicted molar refractivity (Wildman–Crippen MR) is 62.7 cm³/mol. The van der Waals surface area contributed by atoms with Gasteiger partial charge in [-0.15, -0.1) is 12.4 Å². The first-order valence-electron chi connectivity index (χ1n) is 4.72. The molecule has 1 aromatic rings. The van der Waals surface area contributed by atoms with Crippen molar-refractivity contribution in [3.05, 3.63) is 23.3 Å². The fourth-order valence-electron chi connectivity index (χ4n) is 1.89. The van der Waals surface area contributed by atoms with Gasteiger partial charge < -0.3 is 15.2 Å². The van der Waals surface area contributed by atoms with E-state index >= 15 is 0 Å². The average molecular weight is 244 g/mol. The second kappa shape index (κ2) is 4.72. The van der Waals surface area contributed by atoms with Crippen LogP contribution in [0.2, 0.25) is 0 Å². The highest BCUT2D eigenvalue weighted by Crippen LogP contribution is 2.38. The quantitative estimate of drug-likeness (QED) is 0.859. The number of rotatable bonds is 2. The third kappa shape index (κ3) is 1.86. The molecule has 1 aromatic carbocycles. The van der Waals surface area contributed by atoms with Crippen molar-refractivity contribution in [1.82, 2.24) is 0 Å². The number of nitrogens with two attached hydrogens (primary N) is 1. The first-order chi connectivity index (χ1) is 7.17. The summed E-state index contributed by atoms with van der Waals surface area (Å²) in [4.78, 5) is 11.7. The molecule has 0 radical (unpaired) electrons. The lowest BCUT2D eigenvalue weighted by molar-refractivity contribution is 0.0987. The molecule has 0 saturated heterocycles. The van der Waals surface area contributed by atoms with E-state index in [-0.39, 0.29) is 24.2 Å². The Morgan fingerprint density at radius 1 is 1.31 bits per heavy atom. The minimum Gasteiger partial charge on any atom is -0.497 e. The zero-order valence-electron chi connectivity index (χ0n) is 9.15. The highest BCUT2D eigenvalue weighted by atomic mass is 35.5. The molecule has 0 saturated carbocycles.